The standard InChI is InChI=1S/C14H12ClNO2/c1-18-14(17)12-7-4-10(8-13(12)15)9-2-5-11(16)6-3-9/h2-8H,16H2,1H3. The smallest absolute Gasteiger partial charge is 0.339 e. The Morgan fingerprint density at radius 3 is 2.28 bits per heavy atom. The first-order chi connectivity index (χ1) is 8.61. The maximum Gasteiger partial charge on any atom is 0.339 e. The lowest BCUT2D eigenvalue weighted by Gasteiger charge is -2.06. The minimum atomic E-state index is -0.441. The van der Waals surface area contributed by atoms with Gasteiger partial charge < -0.3 is 10.5 Å². The van der Waals surface area contributed by atoms with Crippen LogP contribution in [-0.4, -0.2) is 13.1 Å². The summed E-state index contributed by atoms with van der Waals surface area (Å²) in [4.78, 5) is 11.4. The van der Waals surface area contributed by atoms with E-state index in [-0.39, 0.29) is 0 Å². The summed E-state index contributed by atoms with van der Waals surface area (Å²) in [6, 6.07) is 12.6. The van der Waals surface area contributed by atoms with Crippen LogP contribution in [0, 0.1) is 0 Å². The molecule has 2 rings (SSSR count). The lowest BCUT2D eigenvalue weighted by atomic mass is 10.0. The molecule has 92 valence electrons. The zero-order chi connectivity index (χ0) is 13.1. The molecule has 0 aromatic heterocycles. The minimum Gasteiger partial charge on any atom is -0.465 e. The number of benzene rings is 2. The van der Waals surface area contributed by atoms with Crippen molar-refractivity contribution >= 4 is 23.3 Å². The van der Waals surface area contributed by atoms with Crippen molar-refractivity contribution < 1.29 is 9.53 Å². The maximum atomic E-state index is 11.4. The number of esters is 1. The third kappa shape index (κ3) is 2.46. The molecule has 2 aromatic carbocycles. The van der Waals surface area contributed by atoms with Gasteiger partial charge in [-0.25, -0.2) is 4.79 Å². The molecule has 0 bridgehead atoms. The van der Waals surface area contributed by atoms with Crippen molar-refractivity contribution in [1.82, 2.24) is 0 Å². The summed E-state index contributed by atoms with van der Waals surface area (Å²) in [5.41, 5.74) is 8.61. The number of anilines is 1. The van der Waals surface area contributed by atoms with E-state index in [1.165, 1.54) is 7.11 Å². The number of ether oxygens (including phenoxy) is 1. The van der Waals surface area contributed by atoms with Gasteiger partial charge in [-0.2, -0.15) is 0 Å². The molecule has 0 radical (unpaired) electrons. The average Bonchev–Trinajstić information content (AvgIpc) is 2.38. The van der Waals surface area contributed by atoms with Crippen LogP contribution in [0.1, 0.15) is 10.4 Å². The van der Waals surface area contributed by atoms with E-state index in [1.807, 2.05) is 30.3 Å². The molecule has 18 heavy (non-hydrogen) atoms. The molecule has 3 nitrogen and oxygen atoms in total. The van der Waals surface area contributed by atoms with E-state index in [0.29, 0.717) is 16.3 Å². The van der Waals surface area contributed by atoms with Crippen LogP contribution in [-0.2, 0) is 4.74 Å². The summed E-state index contributed by atoms with van der Waals surface area (Å²) in [7, 11) is 1.33. The van der Waals surface area contributed by atoms with Crippen molar-refractivity contribution in [3.63, 3.8) is 0 Å². The summed E-state index contributed by atoms with van der Waals surface area (Å²) in [6.07, 6.45) is 0. The fourth-order valence-corrected chi connectivity index (χ4v) is 1.90. The summed E-state index contributed by atoms with van der Waals surface area (Å²) in [5.74, 6) is -0.441. The first-order valence-electron chi connectivity index (χ1n) is 5.35. The number of hydrogen-bond donors (Lipinski definition) is 1. The minimum absolute atomic E-state index is 0.360. The molecule has 0 amide bonds. The van der Waals surface area contributed by atoms with E-state index in [2.05, 4.69) is 4.74 Å². The van der Waals surface area contributed by atoms with Gasteiger partial charge in [0.2, 0.25) is 0 Å². The van der Waals surface area contributed by atoms with Crippen LogP contribution >= 0.6 is 11.6 Å². The Hall–Kier alpha value is -2.00. The zero-order valence-electron chi connectivity index (χ0n) is 9.81. The highest BCUT2D eigenvalue weighted by molar-refractivity contribution is 6.33. The van der Waals surface area contributed by atoms with E-state index < -0.39 is 5.97 Å². The third-order valence-electron chi connectivity index (χ3n) is 2.62. The topological polar surface area (TPSA) is 52.3 Å². The van der Waals surface area contributed by atoms with Gasteiger partial charge in [0.15, 0.2) is 0 Å². The second-order valence-electron chi connectivity index (χ2n) is 3.81. The molecular weight excluding hydrogens is 250 g/mol. The Morgan fingerprint density at radius 1 is 1.11 bits per heavy atom. The van der Waals surface area contributed by atoms with Crippen LogP contribution in [0.5, 0.6) is 0 Å². The van der Waals surface area contributed by atoms with Gasteiger partial charge in [-0.1, -0.05) is 29.8 Å². The summed E-state index contributed by atoms with van der Waals surface area (Å²) in [6.45, 7) is 0. The van der Waals surface area contributed by atoms with Crippen LogP contribution in [0.2, 0.25) is 5.02 Å². The van der Waals surface area contributed by atoms with E-state index >= 15 is 0 Å². The summed E-state index contributed by atoms with van der Waals surface area (Å²) in [5, 5.41) is 0.371. The number of hydrogen-bond acceptors (Lipinski definition) is 3. The molecule has 4 heteroatoms. The van der Waals surface area contributed by atoms with E-state index in [4.69, 9.17) is 17.3 Å². The molecule has 0 aliphatic rings. The molecule has 0 fully saturated rings. The molecular formula is C14H12ClNO2. The molecule has 0 atom stereocenters. The highest BCUT2D eigenvalue weighted by Crippen LogP contribution is 2.26. The van der Waals surface area contributed by atoms with Crippen molar-refractivity contribution in [2.45, 2.75) is 0 Å². The zero-order valence-corrected chi connectivity index (χ0v) is 10.6. The Balaban J connectivity index is 2.40. The number of carbonyl (C=O) groups excluding carboxylic acids is 1. The maximum absolute atomic E-state index is 11.4. The van der Waals surface area contributed by atoms with Crippen molar-refractivity contribution in [2.75, 3.05) is 12.8 Å². The number of nitrogens with two attached hydrogens (primary N) is 1. The molecule has 0 saturated heterocycles. The van der Waals surface area contributed by atoms with Crippen LogP contribution in [0.4, 0.5) is 5.69 Å². The molecule has 0 aliphatic carbocycles. The first kappa shape index (κ1) is 12.5. The Labute approximate surface area is 110 Å². The first-order valence-corrected chi connectivity index (χ1v) is 5.73. The van der Waals surface area contributed by atoms with Gasteiger partial charge in [0.1, 0.15) is 0 Å². The lowest BCUT2D eigenvalue weighted by molar-refractivity contribution is 0.0601. The van der Waals surface area contributed by atoms with E-state index in [1.54, 1.807) is 12.1 Å². The number of halogens is 1. The van der Waals surface area contributed by atoms with Crippen molar-refractivity contribution in [1.29, 1.82) is 0 Å². The average molecular weight is 262 g/mol. The van der Waals surface area contributed by atoms with Gasteiger partial charge in [0.05, 0.1) is 17.7 Å². The molecule has 0 saturated carbocycles. The highest BCUT2D eigenvalue weighted by atomic mass is 35.5. The predicted molar refractivity (Wildman–Crippen MR) is 72.6 cm³/mol. The fraction of sp³-hybridized carbons (Fsp3) is 0.0714. The van der Waals surface area contributed by atoms with E-state index in [0.717, 1.165) is 11.1 Å². The van der Waals surface area contributed by atoms with Crippen molar-refractivity contribution in [2.24, 2.45) is 0 Å². The molecule has 0 spiro atoms. The monoisotopic (exact) mass is 261 g/mol. The number of nitrogen functional groups attached to an aromatic ring is 1. The molecule has 0 aliphatic heterocycles. The number of methoxy groups -OCH3 is 1. The molecule has 2 N–H and O–H groups in total. The van der Waals surface area contributed by atoms with Crippen LogP contribution in [0.25, 0.3) is 11.1 Å². The SMILES string of the molecule is COC(=O)c1ccc(-c2ccc(N)cc2)cc1Cl. The van der Waals surface area contributed by atoms with Crippen molar-refractivity contribution in [3.05, 3.63) is 53.1 Å². The molecule has 0 heterocycles. The van der Waals surface area contributed by atoms with Gasteiger partial charge in [-0.3, -0.25) is 0 Å². The van der Waals surface area contributed by atoms with Crippen LogP contribution in [0.3, 0.4) is 0 Å². The molecule has 0 unspecified atom stereocenters. The Morgan fingerprint density at radius 2 is 1.72 bits per heavy atom. The number of rotatable bonds is 2. The lowest BCUT2D eigenvalue weighted by Crippen LogP contribution is -2.01. The third-order valence-corrected chi connectivity index (χ3v) is 2.93. The number of carbonyl (C=O) groups is 1. The van der Waals surface area contributed by atoms with E-state index in [9.17, 15) is 4.79 Å². The van der Waals surface area contributed by atoms with Gasteiger partial charge in [0, 0.05) is 5.69 Å². The largest absolute Gasteiger partial charge is 0.465 e. The van der Waals surface area contributed by atoms with Crippen molar-refractivity contribution in [3.8, 4) is 11.1 Å². The second kappa shape index (κ2) is 5.10. The van der Waals surface area contributed by atoms with Gasteiger partial charge in [-0.15, -0.1) is 0 Å². The van der Waals surface area contributed by atoms with Gasteiger partial charge in [0.25, 0.3) is 0 Å². The normalized spacial score (nSPS) is 10.1. The van der Waals surface area contributed by atoms with Gasteiger partial charge >= 0.3 is 5.97 Å². The Bertz CT molecular complexity index is 579. The van der Waals surface area contributed by atoms with Crippen LogP contribution in [0.15, 0.2) is 42.5 Å². The highest BCUT2D eigenvalue weighted by Gasteiger charge is 2.11. The quantitative estimate of drug-likeness (QED) is 0.666. The molecule has 2 aromatic rings. The van der Waals surface area contributed by atoms with Gasteiger partial charge in [-0.05, 0) is 35.4 Å². The summed E-state index contributed by atoms with van der Waals surface area (Å²) >= 11 is 6.06. The summed E-state index contributed by atoms with van der Waals surface area (Å²) < 4.78 is 4.64. The van der Waals surface area contributed by atoms with Crippen LogP contribution < -0.4 is 5.73 Å². The Kier molecular flexibility index (Phi) is 3.53. The fourth-order valence-electron chi connectivity index (χ4n) is 1.65. The predicted octanol–water partition coefficient (Wildman–Crippen LogP) is 3.38. The second-order valence-corrected chi connectivity index (χ2v) is 4.22.